The van der Waals surface area contributed by atoms with E-state index in [2.05, 4.69) is 5.32 Å². The van der Waals surface area contributed by atoms with Crippen LogP contribution >= 0.6 is 11.6 Å². The highest BCUT2D eigenvalue weighted by atomic mass is 35.5. The summed E-state index contributed by atoms with van der Waals surface area (Å²) < 4.78 is 5.61. The first-order chi connectivity index (χ1) is 9.65. The topological polar surface area (TPSA) is 42.2 Å². The SMILES string of the molecule is CCC(CC)NC(=O)c1ccc(-c2ccccc2Cl)o1. The van der Waals surface area contributed by atoms with Gasteiger partial charge in [-0.25, -0.2) is 0 Å². The van der Waals surface area contributed by atoms with Crippen molar-refractivity contribution in [2.45, 2.75) is 32.7 Å². The fourth-order valence-corrected chi connectivity index (χ4v) is 2.24. The van der Waals surface area contributed by atoms with Gasteiger partial charge in [-0.15, -0.1) is 0 Å². The Morgan fingerprint density at radius 2 is 1.90 bits per heavy atom. The Hall–Kier alpha value is -1.74. The molecule has 0 atom stereocenters. The number of carbonyl (C=O) groups excluding carboxylic acids is 1. The Morgan fingerprint density at radius 1 is 1.20 bits per heavy atom. The molecule has 0 saturated heterocycles. The van der Waals surface area contributed by atoms with E-state index in [1.807, 2.05) is 32.0 Å². The highest BCUT2D eigenvalue weighted by Crippen LogP contribution is 2.29. The van der Waals surface area contributed by atoms with Crippen LogP contribution in [0.25, 0.3) is 11.3 Å². The third-order valence-electron chi connectivity index (χ3n) is 3.29. The van der Waals surface area contributed by atoms with Gasteiger partial charge in [-0.1, -0.05) is 37.6 Å². The number of benzene rings is 1. The second kappa shape index (κ2) is 6.62. The van der Waals surface area contributed by atoms with Crippen molar-refractivity contribution in [3.05, 3.63) is 47.2 Å². The molecule has 0 aliphatic carbocycles. The summed E-state index contributed by atoms with van der Waals surface area (Å²) in [4.78, 5) is 12.1. The minimum Gasteiger partial charge on any atom is -0.451 e. The number of hydrogen-bond acceptors (Lipinski definition) is 2. The highest BCUT2D eigenvalue weighted by molar-refractivity contribution is 6.33. The summed E-state index contributed by atoms with van der Waals surface area (Å²) in [5.74, 6) is 0.731. The van der Waals surface area contributed by atoms with Crippen LogP contribution in [0.2, 0.25) is 5.02 Å². The largest absolute Gasteiger partial charge is 0.451 e. The molecule has 0 unspecified atom stereocenters. The molecule has 0 radical (unpaired) electrons. The van der Waals surface area contributed by atoms with Gasteiger partial charge in [-0.2, -0.15) is 0 Å². The molecule has 1 amide bonds. The van der Waals surface area contributed by atoms with E-state index in [0.717, 1.165) is 18.4 Å². The number of carbonyl (C=O) groups is 1. The van der Waals surface area contributed by atoms with Gasteiger partial charge in [-0.05, 0) is 37.1 Å². The van der Waals surface area contributed by atoms with Crippen LogP contribution in [0.1, 0.15) is 37.2 Å². The van der Waals surface area contributed by atoms with E-state index in [4.69, 9.17) is 16.0 Å². The molecule has 0 aliphatic rings. The molecule has 1 N–H and O–H groups in total. The summed E-state index contributed by atoms with van der Waals surface area (Å²) in [5, 5.41) is 3.55. The lowest BCUT2D eigenvalue weighted by molar-refractivity contribution is 0.0907. The second-order valence-corrected chi connectivity index (χ2v) is 5.04. The van der Waals surface area contributed by atoms with Crippen LogP contribution in [-0.2, 0) is 0 Å². The maximum absolute atomic E-state index is 12.1. The Morgan fingerprint density at radius 3 is 2.55 bits per heavy atom. The molecule has 106 valence electrons. The minimum atomic E-state index is -0.183. The van der Waals surface area contributed by atoms with Crippen molar-refractivity contribution in [1.82, 2.24) is 5.32 Å². The van der Waals surface area contributed by atoms with Gasteiger partial charge in [0.15, 0.2) is 5.76 Å². The van der Waals surface area contributed by atoms with Crippen LogP contribution in [0.5, 0.6) is 0 Å². The molecule has 1 aromatic heterocycles. The minimum absolute atomic E-state index is 0.177. The van der Waals surface area contributed by atoms with Gasteiger partial charge in [0.25, 0.3) is 5.91 Å². The highest BCUT2D eigenvalue weighted by Gasteiger charge is 2.15. The van der Waals surface area contributed by atoms with Gasteiger partial charge in [0.05, 0.1) is 5.02 Å². The van der Waals surface area contributed by atoms with Crippen molar-refractivity contribution in [2.24, 2.45) is 0 Å². The van der Waals surface area contributed by atoms with E-state index < -0.39 is 0 Å². The number of halogens is 1. The molecule has 0 fully saturated rings. The van der Waals surface area contributed by atoms with Crippen molar-refractivity contribution < 1.29 is 9.21 Å². The zero-order valence-corrected chi connectivity index (χ0v) is 12.4. The van der Waals surface area contributed by atoms with Gasteiger partial charge in [0.1, 0.15) is 5.76 Å². The van der Waals surface area contributed by atoms with Gasteiger partial charge >= 0.3 is 0 Å². The predicted molar refractivity (Wildman–Crippen MR) is 81.0 cm³/mol. The van der Waals surface area contributed by atoms with E-state index in [1.165, 1.54) is 0 Å². The smallest absolute Gasteiger partial charge is 0.287 e. The lowest BCUT2D eigenvalue weighted by atomic mass is 10.1. The monoisotopic (exact) mass is 291 g/mol. The van der Waals surface area contributed by atoms with Crippen LogP contribution in [0.3, 0.4) is 0 Å². The number of nitrogens with one attached hydrogen (secondary N) is 1. The predicted octanol–water partition coefficient (Wildman–Crippen LogP) is 4.52. The number of furan rings is 1. The van der Waals surface area contributed by atoms with Crippen LogP contribution < -0.4 is 5.32 Å². The van der Waals surface area contributed by atoms with Crippen molar-refractivity contribution in [1.29, 1.82) is 0 Å². The molecule has 0 saturated carbocycles. The van der Waals surface area contributed by atoms with Gasteiger partial charge in [0, 0.05) is 11.6 Å². The Balaban J connectivity index is 2.17. The molecule has 0 aliphatic heterocycles. The molecule has 20 heavy (non-hydrogen) atoms. The molecule has 3 nitrogen and oxygen atoms in total. The van der Waals surface area contributed by atoms with Crippen LogP contribution in [-0.4, -0.2) is 11.9 Å². The summed E-state index contributed by atoms with van der Waals surface area (Å²) in [6, 6.07) is 11.0. The fourth-order valence-electron chi connectivity index (χ4n) is 2.02. The van der Waals surface area contributed by atoms with Crippen molar-refractivity contribution >= 4 is 17.5 Å². The molecule has 0 spiro atoms. The summed E-state index contributed by atoms with van der Waals surface area (Å²) in [7, 11) is 0. The summed E-state index contributed by atoms with van der Waals surface area (Å²) in [5.41, 5.74) is 0.788. The van der Waals surface area contributed by atoms with E-state index in [1.54, 1.807) is 18.2 Å². The average molecular weight is 292 g/mol. The summed E-state index contributed by atoms with van der Waals surface area (Å²) >= 11 is 6.12. The summed E-state index contributed by atoms with van der Waals surface area (Å²) in [6.45, 7) is 4.09. The first-order valence-electron chi connectivity index (χ1n) is 6.81. The van der Waals surface area contributed by atoms with E-state index in [0.29, 0.717) is 16.5 Å². The first kappa shape index (κ1) is 14.7. The van der Waals surface area contributed by atoms with Crippen molar-refractivity contribution in [3.63, 3.8) is 0 Å². The number of hydrogen-bond donors (Lipinski definition) is 1. The standard InChI is InChI=1S/C16H18ClNO2/c1-3-11(4-2)18-16(19)15-10-9-14(20-15)12-7-5-6-8-13(12)17/h5-11H,3-4H2,1-2H3,(H,18,19). The molecular formula is C16H18ClNO2. The Bertz CT molecular complexity index is 588. The van der Waals surface area contributed by atoms with Crippen molar-refractivity contribution in [2.75, 3.05) is 0 Å². The van der Waals surface area contributed by atoms with Gasteiger partial charge in [0.2, 0.25) is 0 Å². The number of rotatable bonds is 5. The molecule has 2 rings (SSSR count). The molecule has 1 aromatic carbocycles. The lowest BCUT2D eigenvalue weighted by Gasteiger charge is -2.13. The normalized spacial score (nSPS) is 10.8. The third kappa shape index (κ3) is 3.23. The maximum Gasteiger partial charge on any atom is 0.287 e. The van der Waals surface area contributed by atoms with Crippen LogP contribution in [0.4, 0.5) is 0 Å². The van der Waals surface area contributed by atoms with Gasteiger partial charge in [-0.3, -0.25) is 4.79 Å². The lowest BCUT2D eigenvalue weighted by Crippen LogP contribution is -2.33. The second-order valence-electron chi connectivity index (χ2n) is 4.63. The molecule has 4 heteroatoms. The zero-order valence-electron chi connectivity index (χ0n) is 11.7. The summed E-state index contributed by atoms with van der Waals surface area (Å²) in [6.07, 6.45) is 1.81. The zero-order chi connectivity index (χ0) is 14.5. The quantitative estimate of drug-likeness (QED) is 0.880. The Labute approximate surface area is 123 Å². The third-order valence-corrected chi connectivity index (χ3v) is 3.62. The van der Waals surface area contributed by atoms with Crippen molar-refractivity contribution in [3.8, 4) is 11.3 Å². The van der Waals surface area contributed by atoms with E-state index in [-0.39, 0.29) is 11.9 Å². The molecule has 0 bridgehead atoms. The van der Waals surface area contributed by atoms with E-state index >= 15 is 0 Å². The maximum atomic E-state index is 12.1. The van der Waals surface area contributed by atoms with E-state index in [9.17, 15) is 4.79 Å². The molecule has 2 aromatic rings. The first-order valence-corrected chi connectivity index (χ1v) is 7.19. The number of amides is 1. The molecular weight excluding hydrogens is 274 g/mol. The fraction of sp³-hybridized carbons (Fsp3) is 0.312. The van der Waals surface area contributed by atoms with Gasteiger partial charge < -0.3 is 9.73 Å². The molecule has 1 heterocycles. The van der Waals surface area contributed by atoms with Crippen LogP contribution in [0, 0.1) is 0 Å². The average Bonchev–Trinajstić information content (AvgIpc) is 2.94. The van der Waals surface area contributed by atoms with Crippen LogP contribution in [0.15, 0.2) is 40.8 Å². The Kier molecular flexibility index (Phi) is 4.85.